The van der Waals surface area contributed by atoms with E-state index in [1.807, 2.05) is 0 Å². The molecule has 0 aromatic heterocycles. The summed E-state index contributed by atoms with van der Waals surface area (Å²) < 4.78 is 0. The molecule has 1 aliphatic heterocycles. The monoisotopic (exact) mass is 373 g/mol. The van der Waals surface area contributed by atoms with Gasteiger partial charge in [0.1, 0.15) is 0 Å². The number of nitrogens with one attached hydrogen (secondary N) is 1. The van der Waals surface area contributed by atoms with Crippen LogP contribution in [0.5, 0.6) is 0 Å². The van der Waals surface area contributed by atoms with Crippen molar-refractivity contribution < 1.29 is 14.5 Å². The summed E-state index contributed by atoms with van der Waals surface area (Å²) in [6.45, 7) is 1.96. The number of anilines is 2. The summed E-state index contributed by atoms with van der Waals surface area (Å²) in [4.78, 5) is 36.6. The molecular weight excluding hydrogens is 358 g/mol. The van der Waals surface area contributed by atoms with Crippen LogP contribution in [0.15, 0.2) is 42.5 Å². The van der Waals surface area contributed by atoms with Crippen molar-refractivity contribution in [2.75, 3.05) is 16.8 Å². The van der Waals surface area contributed by atoms with Gasteiger partial charge in [-0.05, 0) is 42.8 Å². The summed E-state index contributed by atoms with van der Waals surface area (Å²) in [5, 5.41) is 14.1. The Labute approximate surface area is 154 Å². The fourth-order valence-electron chi connectivity index (χ4n) is 2.89. The van der Waals surface area contributed by atoms with E-state index in [4.69, 9.17) is 11.6 Å². The first-order chi connectivity index (χ1) is 12.3. The van der Waals surface area contributed by atoms with Gasteiger partial charge in [-0.25, -0.2) is 0 Å². The van der Waals surface area contributed by atoms with Gasteiger partial charge in [0.15, 0.2) is 0 Å². The van der Waals surface area contributed by atoms with E-state index in [1.165, 1.54) is 18.2 Å². The largest absolute Gasteiger partial charge is 0.326 e. The SMILES string of the molecule is Cc1cc([N+](=O)[O-])ccc1NC(=O)[C@H]1CC(=O)N(c2ccc(Cl)cc2)C1. The highest BCUT2D eigenvalue weighted by atomic mass is 35.5. The van der Waals surface area contributed by atoms with E-state index in [1.54, 1.807) is 36.1 Å². The molecule has 26 heavy (non-hydrogen) atoms. The maximum absolute atomic E-state index is 12.5. The fourth-order valence-corrected chi connectivity index (χ4v) is 3.02. The molecule has 0 radical (unpaired) electrons. The lowest BCUT2D eigenvalue weighted by atomic mass is 10.1. The maximum atomic E-state index is 12.5. The lowest BCUT2D eigenvalue weighted by Gasteiger charge is -2.17. The van der Waals surface area contributed by atoms with Crippen LogP contribution in [-0.2, 0) is 9.59 Å². The van der Waals surface area contributed by atoms with Crippen molar-refractivity contribution in [2.24, 2.45) is 5.92 Å². The number of aryl methyl sites for hydroxylation is 1. The van der Waals surface area contributed by atoms with Crippen molar-refractivity contribution in [3.05, 3.63) is 63.2 Å². The third-order valence-corrected chi connectivity index (χ3v) is 4.56. The van der Waals surface area contributed by atoms with Crippen molar-refractivity contribution in [1.29, 1.82) is 0 Å². The first kappa shape index (κ1) is 17.9. The van der Waals surface area contributed by atoms with Crippen LogP contribution in [0.25, 0.3) is 0 Å². The van der Waals surface area contributed by atoms with Gasteiger partial charge in [-0.2, -0.15) is 0 Å². The van der Waals surface area contributed by atoms with Crippen molar-refractivity contribution in [2.45, 2.75) is 13.3 Å². The smallest absolute Gasteiger partial charge is 0.269 e. The van der Waals surface area contributed by atoms with Gasteiger partial charge in [-0.1, -0.05) is 11.6 Å². The maximum Gasteiger partial charge on any atom is 0.269 e. The van der Waals surface area contributed by atoms with Gasteiger partial charge >= 0.3 is 0 Å². The van der Waals surface area contributed by atoms with Gasteiger partial charge in [0.2, 0.25) is 11.8 Å². The van der Waals surface area contributed by atoms with Gasteiger partial charge in [0.05, 0.1) is 10.8 Å². The van der Waals surface area contributed by atoms with Crippen molar-refractivity contribution in [3.8, 4) is 0 Å². The first-order valence-corrected chi connectivity index (χ1v) is 8.35. The average molecular weight is 374 g/mol. The highest BCUT2D eigenvalue weighted by Gasteiger charge is 2.35. The molecule has 134 valence electrons. The molecule has 8 heteroatoms. The number of nitro groups is 1. The molecule has 2 aromatic rings. The fraction of sp³-hybridized carbons (Fsp3) is 0.222. The van der Waals surface area contributed by atoms with Gasteiger partial charge < -0.3 is 10.2 Å². The number of nitro benzene ring substituents is 1. The number of rotatable bonds is 4. The molecule has 1 fully saturated rings. The molecule has 2 amide bonds. The summed E-state index contributed by atoms with van der Waals surface area (Å²) in [6.07, 6.45) is 0.112. The molecule has 1 saturated heterocycles. The number of hydrogen-bond acceptors (Lipinski definition) is 4. The molecular formula is C18H16ClN3O4. The number of carbonyl (C=O) groups is 2. The minimum atomic E-state index is -0.493. The lowest BCUT2D eigenvalue weighted by molar-refractivity contribution is -0.384. The third kappa shape index (κ3) is 3.67. The van der Waals surface area contributed by atoms with E-state index in [9.17, 15) is 19.7 Å². The minimum absolute atomic E-state index is 0.0366. The standard InChI is InChI=1S/C18H16ClN3O4/c1-11-8-15(22(25)26)6-7-16(11)20-18(24)12-9-17(23)21(10-12)14-4-2-13(19)3-5-14/h2-8,12H,9-10H2,1H3,(H,20,24)/t12-/m0/s1. The lowest BCUT2D eigenvalue weighted by Crippen LogP contribution is -2.28. The van der Waals surface area contributed by atoms with E-state index < -0.39 is 10.8 Å². The molecule has 1 heterocycles. The number of nitrogens with zero attached hydrogens (tertiary/aromatic N) is 2. The number of non-ortho nitro benzene ring substituents is 1. The second-order valence-electron chi connectivity index (χ2n) is 6.13. The molecule has 0 unspecified atom stereocenters. The molecule has 1 atom stereocenters. The molecule has 1 aliphatic rings. The second kappa shape index (κ2) is 7.13. The molecule has 2 aromatic carbocycles. The highest BCUT2D eigenvalue weighted by Crippen LogP contribution is 2.28. The van der Waals surface area contributed by atoms with E-state index in [-0.39, 0.29) is 30.5 Å². The number of amides is 2. The Kier molecular flexibility index (Phi) is 4.90. The highest BCUT2D eigenvalue weighted by molar-refractivity contribution is 6.30. The van der Waals surface area contributed by atoms with Crippen molar-refractivity contribution >= 4 is 40.5 Å². The van der Waals surface area contributed by atoms with E-state index in [2.05, 4.69) is 5.32 Å². The van der Waals surface area contributed by atoms with Crippen LogP contribution in [-0.4, -0.2) is 23.3 Å². The van der Waals surface area contributed by atoms with E-state index in [0.717, 1.165) is 0 Å². The molecule has 0 spiro atoms. The predicted octanol–water partition coefficient (Wildman–Crippen LogP) is 3.55. The van der Waals surface area contributed by atoms with Gasteiger partial charge in [-0.15, -0.1) is 0 Å². The third-order valence-electron chi connectivity index (χ3n) is 4.31. The van der Waals surface area contributed by atoms with Crippen molar-refractivity contribution in [3.63, 3.8) is 0 Å². The summed E-state index contributed by atoms with van der Waals surface area (Å²) >= 11 is 5.86. The molecule has 1 N–H and O–H groups in total. The van der Waals surface area contributed by atoms with Crippen LogP contribution in [0.1, 0.15) is 12.0 Å². The Morgan fingerprint density at radius 3 is 2.58 bits per heavy atom. The molecule has 0 saturated carbocycles. The predicted molar refractivity (Wildman–Crippen MR) is 98.4 cm³/mol. The summed E-state index contributed by atoms with van der Waals surface area (Å²) in [7, 11) is 0. The molecule has 3 rings (SSSR count). The Bertz CT molecular complexity index is 883. The topological polar surface area (TPSA) is 92.5 Å². The van der Waals surface area contributed by atoms with Gasteiger partial charge in [0.25, 0.3) is 5.69 Å². The van der Waals surface area contributed by atoms with Crippen LogP contribution >= 0.6 is 11.6 Å². The number of halogens is 1. The zero-order chi connectivity index (χ0) is 18.8. The number of carbonyl (C=O) groups excluding carboxylic acids is 2. The van der Waals surface area contributed by atoms with Gasteiger partial charge in [0, 0.05) is 41.5 Å². The number of hydrogen-bond donors (Lipinski definition) is 1. The minimum Gasteiger partial charge on any atom is -0.326 e. The van der Waals surface area contributed by atoms with Crippen molar-refractivity contribution in [1.82, 2.24) is 0 Å². The Morgan fingerprint density at radius 2 is 1.96 bits per heavy atom. The summed E-state index contributed by atoms with van der Waals surface area (Å²) in [5.41, 5.74) is 1.75. The van der Waals surface area contributed by atoms with Crippen LogP contribution < -0.4 is 10.2 Å². The van der Waals surface area contributed by atoms with E-state index >= 15 is 0 Å². The Balaban J connectivity index is 1.70. The van der Waals surface area contributed by atoms with Crippen LogP contribution in [0.3, 0.4) is 0 Å². The van der Waals surface area contributed by atoms with Crippen LogP contribution in [0, 0.1) is 23.0 Å². The summed E-state index contributed by atoms with van der Waals surface area (Å²) in [6, 6.07) is 11.1. The Hall–Kier alpha value is -2.93. The zero-order valence-corrected chi connectivity index (χ0v) is 14.7. The molecule has 7 nitrogen and oxygen atoms in total. The van der Waals surface area contributed by atoms with E-state index in [0.29, 0.717) is 22.0 Å². The number of benzene rings is 2. The first-order valence-electron chi connectivity index (χ1n) is 7.97. The molecule has 0 aliphatic carbocycles. The van der Waals surface area contributed by atoms with Crippen LogP contribution in [0.4, 0.5) is 17.1 Å². The van der Waals surface area contributed by atoms with Crippen LogP contribution in [0.2, 0.25) is 5.02 Å². The normalized spacial score (nSPS) is 16.6. The summed E-state index contributed by atoms with van der Waals surface area (Å²) in [5.74, 6) is -0.910. The second-order valence-corrected chi connectivity index (χ2v) is 6.56. The Morgan fingerprint density at radius 1 is 1.27 bits per heavy atom. The van der Waals surface area contributed by atoms with Gasteiger partial charge in [-0.3, -0.25) is 19.7 Å². The zero-order valence-electron chi connectivity index (χ0n) is 13.9. The quantitative estimate of drug-likeness (QED) is 0.655. The molecule has 0 bridgehead atoms. The average Bonchev–Trinajstić information content (AvgIpc) is 2.99.